The highest BCUT2D eigenvalue weighted by molar-refractivity contribution is 6.33. The number of aromatic nitrogens is 2. The summed E-state index contributed by atoms with van der Waals surface area (Å²) in [6.45, 7) is 3.25. The molecule has 2 aromatic rings. The van der Waals surface area contributed by atoms with Crippen molar-refractivity contribution in [3.05, 3.63) is 61.0 Å². The van der Waals surface area contributed by atoms with Crippen LogP contribution in [0.15, 0.2) is 28.2 Å². The van der Waals surface area contributed by atoms with Crippen LogP contribution in [0.5, 0.6) is 0 Å². The molecular formula is C24H29Cl2N5O2. The van der Waals surface area contributed by atoms with Gasteiger partial charge in [0.25, 0.3) is 5.56 Å². The predicted molar refractivity (Wildman–Crippen MR) is 132 cm³/mol. The maximum Gasteiger partial charge on any atom is 0.283 e. The van der Waals surface area contributed by atoms with Crippen LogP contribution in [-0.4, -0.2) is 66.3 Å². The van der Waals surface area contributed by atoms with Crippen molar-refractivity contribution in [1.82, 2.24) is 20.1 Å². The molecule has 9 heteroatoms. The van der Waals surface area contributed by atoms with E-state index < -0.39 is 0 Å². The molecule has 1 saturated heterocycles. The summed E-state index contributed by atoms with van der Waals surface area (Å²) in [4.78, 5) is 25.7. The van der Waals surface area contributed by atoms with Gasteiger partial charge in [-0.2, -0.15) is 10.2 Å². The number of benzene rings is 1. The van der Waals surface area contributed by atoms with Gasteiger partial charge in [-0.25, -0.2) is 5.10 Å². The van der Waals surface area contributed by atoms with Gasteiger partial charge < -0.3 is 9.91 Å². The minimum absolute atomic E-state index is 0.252. The van der Waals surface area contributed by atoms with Crippen molar-refractivity contribution in [2.75, 3.05) is 33.7 Å². The van der Waals surface area contributed by atoms with Crippen molar-refractivity contribution < 1.29 is 4.79 Å². The van der Waals surface area contributed by atoms with Crippen LogP contribution in [0.1, 0.15) is 46.3 Å². The van der Waals surface area contributed by atoms with E-state index in [9.17, 15) is 9.59 Å². The molecule has 1 spiro atoms. The van der Waals surface area contributed by atoms with Crippen LogP contribution in [0, 0.1) is 11.3 Å². The highest BCUT2D eigenvalue weighted by Gasteiger charge is 2.51. The van der Waals surface area contributed by atoms with Crippen LogP contribution in [-0.2, 0) is 12.8 Å². The number of nitrogens with one attached hydrogen (secondary N) is 1. The third-order valence-electron chi connectivity index (χ3n) is 6.72. The van der Waals surface area contributed by atoms with Crippen LogP contribution in [0.25, 0.3) is 0 Å². The number of hydrazone groups is 1. The molecule has 1 aromatic carbocycles. The number of rotatable bonds is 9. The maximum absolute atomic E-state index is 11.6. The average molecular weight is 490 g/mol. The van der Waals surface area contributed by atoms with Gasteiger partial charge in [-0.3, -0.25) is 9.59 Å². The Balaban J connectivity index is 1.27. The van der Waals surface area contributed by atoms with Gasteiger partial charge in [0, 0.05) is 38.3 Å². The molecule has 4 rings (SSSR count). The zero-order chi connectivity index (χ0) is 23.6. The summed E-state index contributed by atoms with van der Waals surface area (Å²) in [6.07, 6.45) is 9.27. The largest absolute Gasteiger partial charge is 0.303 e. The SMILES string of the molecule is CN(C)/N=C\c1c(CC2CC3(C2)CN(CCCc2cn[nH]c(=O)c2Cl)C3)ccc(Cl)c1C=O. The number of likely N-dealkylation sites (tertiary alicyclic amines) is 1. The Labute approximate surface area is 203 Å². The fourth-order valence-corrected chi connectivity index (χ4v) is 5.70. The highest BCUT2D eigenvalue weighted by Crippen LogP contribution is 2.53. The standard InChI is InChI=1S/C24H29Cl2N5O2/c1-30(2)28-12-19-17(5-6-21(25)20(19)13-32)8-16-9-24(10-16)14-31(15-24)7-3-4-18-11-27-29-23(33)22(18)26/h5-6,11-13,16H,3-4,7-10,14-15H2,1-2H3,(H,29,33)/b28-12-. The van der Waals surface area contributed by atoms with Crippen LogP contribution in [0.3, 0.4) is 0 Å². The molecule has 1 aromatic heterocycles. The summed E-state index contributed by atoms with van der Waals surface area (Å²) >= 11 is 12.3. The van der Waals surface area contributed by atoms with Gasteiger partial charge in [-0.1, -0.05) is 29.3 Å². The molecule has 176 valence electrons. The molecule has 2 aliphatic rings. The molecule has 0 unspecified atom stereocenters. The van der Waals surface area contributed by atoms with Crippen LogP contribution >= 0.6 is 23.2 Å². The Bertz CT molecular complexity index is 1100. The monoisotopic (exact) mass is 489 g/mol. The van der Waals surface area contributed by atoms with Gasteiger partial charge in [0.1, 0.15) is 5.02 Å². The molecule has 0 bridgehead atoms. The summed E-state index contributed by atoms with van der Waals surface area (Å²) in [7, 11) is 3.70. The number of H-pyrrole nitrogens is 1. The summed E-state index contributed by atoms with van der Waals surface area (Å²) in [6, 6.07) is 3.84. The number of aldehydes is 1. The van der Waals surface area contributed by atoms with Gasteiger partial charge in [0.15, 0.2) is 6.29 Å². The quantitative estimate of drug-likeness (QED) is 0.330. The van der Waals surface area contributed by atoms with E-state index in [-0.39, 0.29) is 10.6 Å². The van der Waals surface area contributed by atoms with E-state index in [4.69, 9.17) is 23.2 Å². The second kappa shape index (κ2) is 9.95. The number of nitrogens with zero attached hydrogens (tertiary/aromatic N) is 4. The van der Waals surface area contributed by atoms with E-state index in [1.165, 1.54) is 12.8 Å². The molecule has 2 heterocycles. The summed E-state index contributed by atoms with van der Waals surface area (Å²) in [5, 5.41) is 12.9. The van der Waals surface area contributed by atoms with E-state index in [0.717, 1.165) is 61.9 Å². The molecule has 33 heavy (non-hydrogen) atoms. The maximum atomic E-state index is 11.6. The van der Waals surface area contributed by atoms with Crippen LogP contribution in [0.4, 0.5) is 0 Å². The number of carbonyl (C=O) groups excluding carboxylic acids is 1. The number of aryl methyl sites for hydroxylation is 1. The topological polar surface area (TPSA) is 81.7 Å². The molecule has 7 nitrogen and oxygen atoms in total. The first kappa shape index (κ1) is 23.9. The second-order valence-electron chi connectivity index (χ2n) is 9.57. The summed E-state index contributed by atoms with van der Waals surface area (Å²) < 4.78 is 0. The Kier molecular flexibility index (Phi) is 7.22. The minimum Gasteiger partial charge on any atom is -0.303 e. The number of aromatic amines is 1. The third kappa shape index (κ3) is 5.31. The normalized spacial score (nSPS) is 17.8. The first-order valence-corrected chi connectivity index (χ1v) is 12.0. The highest BCUT2D eigenvalue weighted by atomic mass is 35.5. The fraction of sp³-hybridized carbons (Fsp3) is 0.500. The molecular weight excluding hydrogens is 461 g/mol. The lowest BCUT2D eigenvalue weighted by atomic mass is 9.56. The zero-order valence-electron chi connectivity index (χ0n) is 19.0. The minimum atomic E-state index is -0.324. The molecule has 0 amide bonds. The molecule has 0 atom stereocenters. The van der Waals surface area contributed by atoms with E-state index in [2.05, 4.69) is 20.2 Å². The van der Waals surface area contributed by atoms with Gasteiger partial charge in [0.2, 0.25) is 0 Å². The summed E-state index contributed by atoms with van der Waals surface area (Å²) in [5.74, 6) is 0.611. The Morgan fingerprint density at radius 2 is 2.00 bits per heavy atom. The molecule has 1 aliphatic carbocycles. The molecule has 2 fully saturated rings. The van der Waals surface area contributed by atoms with Crippen molar-refractivity contribution in [3.8, 4) is 0 Å². The molecule has 1 aliphatic heterocycles. The predicted octanol–water partition coefficient (Wildman–Crippen LogP) is 3.67. The number of hydrogen-bond donors (Lipinski definition) is 1. The van der Waals surface area contributed by atoms with Crippen molar-refractivity contribution in [1.29, 1.82) is 0 Å². The fourth-order valence-electron chi connectivity index (χ4n) is 5.31. The molecule has 1 N–H and O–H groups in total. The Morgan fingerprint density at radius 3 is 2.70 bits per heavy atom. The molecule has 1 saturated carbocycles. The molecule has 0 radical (unpaired) electrons. The Hall–Kier alpha value is -2.22. The van der Waals surface area contributed by atoms with Crippen molar-refractivity contribution in [2.24, 2.45) is 16.4 Å². The van der Waals surface area contributed by atoms with E-state index in [0.29, 0.717) is 21.9 Å². The van der Waals surface area contributed by atoms with Gasteiger partial charge in [0.05, 0.1) is 17.4 Å². The van der Waals surface area contributed by atoms with Gasteiger partial charge in [-0.15, -0.1) is 0 Å². The van der Waals surface area contributed by atoms with Crippen LogP contribution in [0.2, 0.25) is 10.0 Å². The summed E-state index contributed by atoms with van der Waals surface area (Å²) in [5.41, 5.74) is 3.40. The Morgan fingerprint density at radius 1 is 1.24 bits per heavy atom. The lowest BCUT2D eigenvalue weighted by Gasteiger charge is -2.59. The van der Waals surface area contributed by atoms with E-state index >= 15 is 0 Å². The van der Waals surface area contributed by atoms with Crippen molar-refractivity contribution in [3.63, 3.8) is 0 Å². The lowest BCUT2D eigenvalue weighted by Crippen LogP contribution is -2.62. The smallest absolute Gasteiger partial charge is 0.283 e. The zero-order valence-corrected chi connectivity index (χ0v) is 20.5. The van der Waals surface area contributed by atoms with Crippen molar-refractivity contribution >= 4 is 35.7 Å². The number of hydrogen-bond acceptors (Lipinski definition) is 6. The van der Waals surface area contributed by atoms with Gasteiger partial charge in [-0.05, 0) is 67.2 Å². The average Bonchev–Trinajstić information content (AvgIpc) is 2.72. The van der Waals surface area contributed by atoms with Crippen molar-refractivity contribution in [2.45, 2.75) is 32.1 Å². The third-order valence-corrected chi connectivity index (χ3v) is 7.46. The lowest BCUT2D eigenvalue weighted by molar-refractivity contribution is -0.0937. The van der Waals surface area contributed by atoms with Gasteiger partial charge >= 0.3 is 0 Å². The first-order chi connectivity index (χ1) is 15.8. The van der Waals surface area contributed by atoms with E-state index in [1.54, 1.807) is 17.4 Å². The number of halogens is 2. The number of carbonyl (C=O) groups is 1. The first-order valence-electron chi connectivity index (χ1n) is 11.2. The van der Waals surface area contributed by atoms with Crippen LogP contribution < -0.4 is 5.56 Å². The van der Waals surface area contributed by atoms with E-state index in [1.807, 2.05) is 26.2 Å². The second-order valence-corrected chi connectivity index (χ2v) is 10.4.